The van der Waals surface area contributed by atoms with Crippen molar-refractivity contribution in [3.8, 4) is 0 Å². The van der Waals surface area contributed by atoms with E-state index in [4.69, 9.17) is 0 Å². The van der Waals surface area contributed by atoms with Crippen LogP contribution in [0.2, 0.25) is 0 Å². The summed E-state index contributed by atoms with van der Waals surface area (Å²) in [7, 11) is 0. The summed E-state index contributed by atoms with van der Waals surface area (Å²) in [4.78, 5) is 30.4. The third kappa shape index (κ3) is 3.61. The number of pyridine rings is 1. The molecule has 1 saturated heterocycles. The first kappa shape index (κ1) is 14.5. The largest absolute Gasteiger partial charge is 0.342 e. The molecule has 1 saturated carbocycles. The predicted octanol–water partition coefficient (Wildman–Crippen LogP) is 2.43. The zero-order valence-corrected chi connectivity index (χ0v) is 13.3. The van der Waals surface area contributed by atoms with Crippen molar-refractivity contribution < 1.29 is 9.59 Å². The fourth-order valence-corrected chi connectivity index (χ4v) is 2.89. The van der Waals surface area contributed by atoms with Crippen LogP contribution in [0.1, 0.15) is 25.7 Å². The van der Waals surface area contributed by atoms with Crippen molar-refractivity contribution in [2.45, 2.75) is 25.7 Å². The molecule has 0 aromatic carbocycles. The molecule has 2 fully saturated rings. The Hall–Kier alpha value is -1.43. The number of hydrogen-bond donors (Lipinski definition) is 1. The molecule has 0 radical (unpaired) electrons. The number of aromatic nitrogens is 1. The Bertz CT molecular complexity index is 542. The molecule has 5 nitrogen and oxygen atoms in total. The van der Waals surface area contributed by atoms with E-state index in [1.54, 1.807) is 12.3 Å². The summed E-state index contributed by atoms with van der Waals surface area (Å²) in [5.41, 5.74) is 0. The number of anilines is 1. The molecule has 2 aliphatic rings. The van der Waals surface area contributed by atoms with Gasteiger partial charge in [0, 0.05) is 29.7 Å². The lowest BCUT2D eigenvalue weighted by Gasteiger charge is -2.32. The first-order valence-electron chi connectivity index (χ1n) is 7.34. The van der Waals surface area contributed by atoms with Gasteiger partial charge in [-0.05, 0) is 53.7 Å². The highest BCUT2D eigenvalue weighted by Crippen LogP contribution is 2.32. The zero-order chi connectivity index (χ0) is 14.8. The van der Waals surface area contributed by atoms with Crippen molar-refractivity contribution in [2.75, 3.05) is 18.4 Å². The van der Waals surface area contributed by atoms with Crippen molar-refractivity contribution in [2.24, 2.45) is 11.8 Å². The van der Waals surface area contributed by atoms with Crippen molar-refractivity contribution in [1.82, 2.24) is 9.88 Å². The summed E-state index contributed by atoms with van der Waals surface area (Å²) in [6.45, 7) is 1.33. The smallest absolute Gasteiger partial charge is 0.230 e. The zero-order valence-electron chi connectivity index (χ0n) is 11.7. The standard InChI is InChI=1S/C15H18BrN3O2/c16-12-5-6-13(17-8-12)18-14(20)11-2-1-7-19(9-11)15(21)10-3-4-10/h5-6,8,10-11H,1-4,7,9H2,(H,17,18,20). The lowest BCUT2D eigenvalue weighted by molar-refractivity contribution is -0.135. The highest BCUT2D eigenvalue weighted by Gasteiger charge is 2.36. The predicted molar refractivity (Wildman–Crippen MR) is 82.6 cm³/mol. The van der Waals surface area contributed by atoms with Crippen LogP contribution in [-0.4, -0.2) is 34.8 Å². The summed E-state index contributed by atoms with van der Waals surface area (Å²) < 4.78 is 0.874. The fraction of sp³-hybridized carbons (Fsp3) is 0.533. The molecule has 1 unspecified atom stereocenters. The van der Waals surface area contributed by atoms with E-state index in [9.17, 15) is 9.59 Å². The van der Waals surface area contributed by atoms with E-state index in [-0.39, 0.29) is 23.7 Å². The number of halogens is 1. The van der Waals surface area contributed by atoms with Gasteiger partial charge in [0.15, 0.2) is 0 Å². The van der Waals surface area contributed by atoms with E-state index >= 15 is 0 Å². The van der Waals surface area contributed by atoms with Crippen LogP contribution in [0.15, 0.2) is 22.8 Å². The second-order valence-electron chi connectivity index (χ2n) is 5.75. The van der Waals surface area contributed by atoms with Crippen molar-refractivity contribution >= 4 is 33.6 Å². The van der Waals surface area contributed by atoms with E-state index in [0.29, 0.717) is 12.4 Å². The van der Waals surface area contributed by atoms with Gasteiger partial charge < -0.3 is 10.2 Å². The Balaban J connectivity index is 1.58. The van der Waals surface area contributed by atoms with Crippen LogP contribution in [0.3, 0.4) is 0 Å². The highest BCUT2D eigenvalue weighted by atomic mass is 79.9. The minimum atomic E-state index is -0.133. The maximum atomic E-state index is 12.3. The summed E-state index contributed by atoms with van der Waals surface area (Å²) in [6, 6.07) is 3.60. The number of carbonyl (C=O) groups excluding carboxylic acids is 2. The topological polar surface area (TPSA) is 62.3 Å². The number of rotatable bonds is 3. The fourth-order valence-electron chi connectivity index (χ4n) is 2.66. The van der Waals surface area contributed by atoms with E-state index in [1.807, 2.05) is 11.0 Å². The molecule has 1 aromatic rings. The number of hydrogen-bond acceptors (Lipinski definition) is 3. The molecule has 0 bridgehead atoms. The molecule has 3 rings (SSSR count). The van der Waals surface area contributed by atoms with Crippen molar-refractivity contribution in [1.29, 1.82) is 0 Å². The van der Waals surface area contributed by atoms with Crippen LogP contribution in [-0.2, 0) is 9.59 Å². The number of carbonyl (C=O) groups is 2. The summed E-state index contributed by atoms with van der Waals surface area (Å²) in [5, 5.41) is 2.83. The average molecular weight is 352 g/mol. The third-order valence-corrected chi connectivity index (χ3v) is 4.48. The van der Waals surface area contributed by atoms with Crippen LogP contribution in [0, 0.1) is 11.8 Å². The molecule has 21 heavy (non-hydrogen) atoms. The monoisotopic (exact) mass is 351 g/mol. The molecule has 0 spiro atoms. The molecule has 1 atom stereocenters. The average Bonchev–Trinajstić information content (AvgIpc) is 3.34. The van der Waals surface area contributed by atoms with Gasteiger partial charge in [0.25, 0.3) is 0 Å². The lowest BCUT2D eigenvalue weighted by Crippen LogP contribution is -2.44. The maximum absolute atomic E-state index is 12.3. The van der Waals surface area contributed by atoms with Gasteiger partial charge in [-0.2, -0.15) is 0 Å². The molecule has 2 amide bonds. The molecule has 1 N–H and O–H groups in total. The van der Waals surface area contributed by atoms with Gasteiger partial charge in [0.2, 0.25) is 11.8 Å². The molecule has 112 valence electrons. The molecule has 1 aliphatic heterocycles. The molecule has 6 heteroatoms. The quantitative estimate of drug-likeness (QED) is 0.909. The van der Waals surface area contributed by atoms with Gasteiger partial charge in [0.05, 0.1) is 5.92 Å². The normalized spacial score (nSPS) is 22.0. The van der Waals surface area contributed by atoms with Crippen LogP contribution in [0.5, 0.6) is 0 Å². The van der Waals surface area contributed by atoms with Gasteiger partial charge in [-0.25, -0.2) is 4.98 Å². The first-order valence-corrected chi connectivity index (χ1v) is 8.14. The lowest BCUT2D eigenvalue weighted by atomic mass is 9.96. The van der Waals surface area contributed by atoms with Crippen LogP contribution in [0.25, 0.3) is 0 Å². The summed E-state index contributed by atoms with van der Waals surface area (Å²) >= 11 is 3.31. The number of piperidine rings is 1. The van der Waals surface area contributed by atoms with Crippen LogP contribution >= 0.6 is 15.9 Å². The van der Waals surface area contributed by atoms with Gasteiger partial charge in [-0.3, -0.25) is 9.59 Å². The third-order valence-electron chi connectivity index (χ3n) is 4.01. The Morgan fingerprint density at radius 3 is 2.71 bits per heavy atom. The molecular formula is C15H18BrN3O2. The Morgan fingerprint density at radius 1 is 1.24 bits per heavy atom. The summed E-state index contributed by atoms with van der Waals surface area (Å²) in [6.07, 6.45) is 5.39. The number of nitrogens with one attached hydrogen (secondary N) is 1. The molecular weight excluding hydrogens is 334 g/mol. The van der Waals surface area contributed by atoms with Gasteiger partial charge in [-0.15, -0.1) is 0 Å². The first-order chi connectivity index (χ1) is 10.1. The molecule has 2 heterocycles. The van der Waals surface area contributed by atoms with Gasteiger partial charge in [-0.1, -0.05) is 0 Å². The van der Waals surface area contributed by atoms with Crippen LogP contribution < -0.4 is 5.32 Å². The minimum absolute atomic E-state index is 0.0434. The number of likely N-dealkylation sites (tertiary alicyclic amines) is 1. The maximum Gasteiger partial charge on any atom is 0.230 e. The van der Waals surface area contributed by atoms with Crippen LogP contribution in [0.4, 0.5) is 5.82 Å². The second kappa shape index (κ2) is 6.13. The SMILES string of the molecule is O=C(Nc1ccc(Br)cn1)C1CCCN(C(=O)C2CC2)C1. The number of amides is 2. The van der Waals surface area contributed by atoms with Crippen molar-refractivity contribution in [3.63, 3.8) is 0 Å². The van der Waals surface area contributed by atoms with Gasteiger partial charge >= 0.3 is 0 Å². The molecule has 1 aliphatic carbocycles. The minimum Gasteiger partial charge on any atom is -0.342 e. The van der Waals surface area contributed by atoms with E-state index in [1.165, 1.54) is 0 Å². The number of nitrogens with zero attached hydrogens (tertiary/aromatic N) is 2. The Morgan fingerprint density at radius 2 is 2.05 bits per heavy atom. The van der Waals surface area contributed by atoms with Gasteiger partial charge in [0.1, 0.15) is 5.82 Å². The molecule has 1 aromatic heterocycles. The van der Waals surface area contributed by atoms with E-state index < -0.39 is 0 Å². The Labute approximate surface area is 132 Å². The Kier molecular flexibility index (Phi) is 4.24. The summed E-state index contributed by atoms with van der Waals surface area (Å²) in [5.74, 6) is 0.827. The van der Waals surface area contributed by atoms with E-state index in [2.05, 4.69) is 26.2 Å². The second-order valence-corrected chi connectivity index (χ2v) is 6.66. The van der Waals surface area contributed by atoms with Crippen molar-refractivity contribution in [3.05, 3.63) is 22.8 Å². The van der Waals surface area contributed by atoms with E-state index in [0.717, 1.165) is 36.7 Å². The highest BCUT2D eigenvalue weighted by molar-refractivity contribution is 9.10.